The summed E-state index contributed by atoms with van der Waals surface area (Å²) < 4.78 is 29.1. The second-order valence-electron chi connectivity index (χ2n) is 6.83. The summed E-state index contributed by atoms with van der Waals surface area (Å²) in [4.78, 5) is 33.6. The van der Waals surface area contributed by atoms with Crippen LogP contribution < -0.4 is 16.0 Å². The second-order valence-corrected chi connectivity index (χ2v) is 7.60. The second kappa shape index (κ2) is 9.84. The van der Waals surface area contributed by atoms with Gasteiger partial charge in [-0.25, -0.2) is 18.7 Å². The van der Waals surface area contributed by atoms with Gasteiger partial charge >= 0.3 is 0 Å². The van der Waals surface area contributed by atoms with Gasteiger partial charge in [-0.3, -0.25) is 14.5 Å². The quantitative estimate of drug-likeness (QED) is 0.305. The number of hydrogen-bond acceptors (Lipinski definition) is 6. The first-order chi connectivity index (χ1) is 15.3. The molecule has 0 bridgehead atoms. The van der Waals surface area contributed by atoms with E-state index in [1.165, 1.54) is 17.8 Å². The van der Waals surface area contributed by atoms with Crippen molar-refractivity contribution in [1.29, 1.82) is 0 Å². The van der Waals surface area contributed by atoms with Crippen LogP contribution in [0.5, 0.6) is 0 Å². The van der Waals surface area contributed by atoms with Gasteiger partial charge in [-0.15, -0.1) is 0 Å². The molecule has 3 N–H and O–H groups in total. The molecule has 0 radical (unpaired) electrons. The predicted octanol–water partition coefficient (Wildman–Crippen LogP) is 3.56. The Labute approximate surface area is 188 Å². The highest BCUT2D eigenvalue weighted by molar-refractivity contribution is 7.98. The van der Waals surface area contributed by atoms with Crippen molar-refractivity contribution < 1.29 is 18.4 Å². The number of carbonyl (C=O) groups is 2. The summed E-state index contributed by atoms with van der Waals surface area (Å²) in [6.07, 6.45) is 2.05. The Balaban J connectivity index is 2.37. The maximum Gasteiger partial charge on any atom is 0.248 e. The lowest BCUT2D eigenvalue weighted by molar-refractivity contribution is -0.106. The molecule has 0 saturated carbocycles. The largest absolute Gasteiger partial charge is 0.366 e. The van der Waals surface area contributed by atoms with Crippen molar-refractivity contribution in [3.63, 3.8) is 0 Å². The minimum atomic E-state index is -0.912. The highest BCUT2D eigenvalue weighted by Gasteiger charge is 2.26. The molecular formula is C22H21F2N5O2S. The van der Waals surface area contributed by atoms with Gasteiger partial charge in [-0.2, -0.15) is 0 Å². The number of nitrogens with zero attached hydrogens (tertiary/aromatic N) is 3. The number of thioether (sulfide) groups is 1. The maximum absolute atomic E-state index is 14.5. The van der Waals surface area contributed by atoms with Crippen molar-refractivity contribution in [3.05, 3.63) is 64.7 Å². The van der Waals surface area contributed by atoms with E-state index in [4.69, 9.17) is 5.73 Å². The van der Waals surface area contributed by atoms with Crippen LogP contribution in [0.3, 0.4) is 0 Å². The standard InChI is InChI=1S/C22H21F2N5O2S/c1-12-7-8-13(20(25)31)9-14(12)18-15(10-26-2)21(28-22(27-18)32-3)29(11-30)19-16(23)5-4-6-17(19)24/h4-9,11,26H,10H2,1-3H3,(H2,25,31). The van der Waals surface area contributed by atoms with Crippen LogP contribution in [-0.4, -0.2) is 35.6 Å². The normalized spacial score (nSPS) is 10.8. The van der Waals surface area contributed by atoms with Gasteiger partial charge in [0.15, 0.2) is 5.16 Å². The molecule has 0 fully saturated rings. The van der Waals surface area contributed by atoms with E-state index in [1.54, 1.807) is 31.5 Å². The first kappa shape index (κ1) is 23.3. The van der Waals surface area contributed by atoms with Gasteiger partial charge < -0.3 is 11.1 Å². The Morgan fingerprint density at radius 3 is 2.47 bits per heavy atom. The predicted molar refractivity (Wildman–Crippen MR) is 120 cm³/mol. The van der Waals surface area contributed by atoms with Crippen molar-refractivity contribution in [1.82, 2.24) is 15.3 Å². The molecule has 0 aliphatic rings. The van der Waals surface area contributed by atoms with Crippen molar-refractivity contribution in [2.75, 3.05) is 18.2 Å². The zero-order valence-electron chi connectivity index (χ0n) is 17.6. The van der Waals surface area contributed by atoms with Gasteiger partial charge in [0, 0.05) is 23.2 Å². The van der Waals surface area contributed by atoms with E-state index in [9.17, 15) is 18.4 Å². The summed E-state index contributed by atoms with van der Waals surface area (Å²) in [5.74, 6) is -2.41. The first-order valence-electron chi connectivity index (χ1n) is 9.51. The fraction of sp³-hybridized carbons (Fsp3) is 0.182. The minimum Gasteiger partial charge on any atom is -0.366 e. The van der Waals surface area contributed by atoms with E-state index in [1.807, 2.05) is 6.92 Å². The number of aryl methyl sites for hydroxylation is 1. The third kappa shape index (κ3) is 4.46. The number of nitrogens with one attached hydrogen (secondary N) is 1. The van der Waals surface area contributed by atoms with Crippen LogP contribution in [0.15, 0.2) is 41.6 Å². The van der Waals surface area contributed by atoms with E-state index < -0.39 is 23.2 Å². The molecule has 3 rings (SSSR count). The zero-order valence-corrected chi connectivity index (χ0v) is 18.5. The van der Waals surface area contributed by atoms with Crippen LogP contribution >= 0.6 is 11.8 Å². The van der Waals surface area contributed by atoms with Crippen LogP contribution in [-0.2, 0) is 11.3 Å². The monoisotopic (exact) mass is 457 g/mol. The number of aromatic nitrogens is 2. The molecule has 0 aliphatic heterocycles. The average Bonchev–Trinajstić information content (AvgIpc) is 2.77. The highest BCUT2D eigenvalue weighted by atomic mass is 32.2. The average molecular weight is 458 g/mol. The molecule has 0 aliphatic carbocycles. The summed E-state index contributed by atoms with van der Waals surface area (Å²) in [6.45, 7) is 2.01. The van der Waals surface area contributed by atoms with Crippen molar-refractivity contribution in [3.8, 4) is 11.3 Å². The third-order valence-corrected chi connectivity index (χ3v) is 5.34. The van der Waals surface area contributed by atoms with Gasteiger partial charge in [-0.05, 0) is 50.1 Å². The molecular weight excluding hydrogens is 436 g/mol. The van der Waals surface area contributed by atoms with Gasteiger partial charge in [0.1, 0.15) is 23.1 Å². The van der Waals surface area contributed by atoms with Crippen LogP contribution in [0.2, 0.25) is 0 Å². The highest BCUT2D eigenvalue weighted by Crippen LogP contribution is 2.37. The molecule has 0 unspecified atom stereocenters. The topological polar surface area (TPSA) is 101 Å². The number of carbonyl (C=O) groups excluding carboxylic acids is 2. The summed E-state index contributed by atoms with van der Waals surface area (Å²) >= 11 is 1.20. The fourth-order valence-corrected chi connectivity index (χ4v) is 3.62. The maximum atomic E-state index is 14.5. The molecule has 0 atom stereocenters. The number of para-hydroxylation sites is 1. The number of halogens is 2. The Morgan fingerprint density at radius 1 is 1.22 bits per heavy atom. The van der Waals surface area contributed by atoms with Crippen LogP contribution in [0.4, 0.5) is 20.3 Å². The summed E-state index contributed by atoms with van der Waals surface area (Å²) in [5, 5.41) is 3.26. The first-order valence-corrected chi connectivity index (χ1v) is 10.7. The van der Waals surface area contributed by atoms with E-state index >= 15 is 0 Å². The fourth-order valence-electron chi connectivity index (χ4n) is 3.26. The van der Waals surface area contributed by atoms with Crippen LogP contribution in [0, 0.1) is 18.6 Å². The van der Waals surface area contributed by atoms with Gasteiger partial charge in [-0.1, -0.05) is 23.9 Å². The number of amides is 2. The van der Waals surface area contributed by atoms with Crippen molar-refractivity contribution in [2.24, 2.45) is 5.73 Å². The van der Waals surface area contributed by atoms with Gasteiger partial charge in [0.2, 0.25) is 12.3 Å². The molecule has 0 saturated heterocycles. The molecule has 2 amide bonds. The molecule has 1 heterocycles. The summed E-state index contributed by atoms with van der Waals surface area (Å²) in [6, 6.07) is 8.26. The Bertz CT molecular complexity index is 1170. The molecule has 0 spiro atoms. The van der Waals surface area contributed by atoms with E-state index in [0.717, 1.165) is 22.6 Å². The lowest BCUT2D eigenvalue weighted by Crippen LogP contribution is -2.23. The smallest absolute Gasteiger partial charge is 0.248 e. The summed E-state index contributed by atoms with van der Waals surface area (Å²) in [5.41, 5.74) is 7.40. The van der Waals surface area contributed by atoms with Crippen molar-refractivity contribution in [2.45, 2.75) is 18.6 Å². The van der Waals surface area contributed by atoms with Gasteiger partial charge in [0.05, 0.1) is 5.69 Å². The van der Waals surface area contributed by atoms with Gasteiger partial charge in [0.25, 0.3) is 0 Å². The minimum absolute atomic E-state index is 0.0246. The van der Waals surface area contributed by atoms with E-state index in [0.29, 0.717) is 23.2 Å². The third-order valence-electron chi connectivity index (χ3n) is 4.79. The number of benzene rings is 2. The molecule has 166 valence electrons. The number of nitrogens with two attached hydrogens (primary N) is 1. The lowest BCUT2D eigenvalue weighted by Gasteiger charge is -2.23. The molecule has 10 heteroatoms. The zero-order chi connectivity index (χ0) is 23.4. The SMILES string of the molecule is CNCc1c(-c2cc(C(N)=O)ccc2C)nc(SC)nc1N(C=O)c1c(F)cccc1F. The molecule has 7 nitrogen and oxygen atoms in total. The number of primary amides is 1. The van der Waals surface area contributed by atoms with E-state index in [-0.39, 0.29) is 23.1 Å². The van der Waals surface area contributed by atoms with Crippen LogP contribution in [0.1, 0.15) is 21.5 Å². The summed E-state index contributed by atoms with van der Waals surface area (Å²) in [7, 11) is 1.68. The Kier molecular flexibility index (Phi) is 7.16. The lowest BCUT2D eigenvalue weighted by atomic mass is 9.98. The number of hydrogen-bond donors (Lipinski definition) is 2. The molecule has 3 aromatic rings. The number of anilines is 2. The molecule has 1 aromatic heterocycles. The van der Waals surface area contributed by atoms with E-state index in [2.05, 4.69) is 15.3 Å². The number of rotatable bonds is 8. The van der Waals surface area contributed by atoms with Crippen LogP contribution in [0.25, 0.3) is 11.3 Å². The molecule has 32 heavy (non-hydrogen) atoms. The Hall–Kier alpha value is -3.37. The molecule has 2 aromatic carbocycles. The Morgan fingerprint density at radius 2 is 1.91 bits per heavy atom. The van der Waals surface area contributed by atoms with Crippen molar-refractivity contribution >= 4 is 35.6 Å².